The largest absolute Gasteiger partial charge is 0.383 e. The summed E-state index contributed by atoms with van der Waals surface area (Å²) in [4.78, 5) is 25.2. The summed E-state index contributed by atoms with van der Waals surface area (Å²) in [7, 11) is 0. The summed E-state index contributed by atoms with van der Waals surface area (Å²) in [5, 5.41) is 18.8. The molecule has 3 aromatic rings. The summed E-state index contributed by atoms with van der Waals surface area (Å²) >= 11 is 2.85. The Bertz CT molecular complexity index is 909. The van der Waals surface area contributed by atoms with Crippen molar-refractivity contribution in [2.45, 2.75) is 12.6 Å². The molecule has 0 fully saturated rings. The first-order chi connectivity index (χ1) is 12.5. The van der Waals surface area contributed by atoms with E-state index in [1.54, 1.807) is 18.2 Å². The SMILES string of the molecule is O=C(NCc1ccc(C(O)c2ccsc2)s1)C(=O)Nc1ccccc1F. The van der Waals surface area contributed by atoms with Gasteiger partial charge in [-0.1, -0.05) is 12.1 Å². The van der Waals surface area contributed by atoms with Crippen LogP contribution in [-0.2, 0) is 16.1 Å². The molecule has 0 spiro atoms. The Balaban J connectivity index is 1.55. The fraction of sp³-hybridized carbons (Fsp3) is 0.111. The molecule has 0 bridgehead atoms. The van der Waals surface area contributed by atoms with Crippen molar-refractivity contribution in [3.05, 3.63) is 74.4 Å². The van der Waals surface area contributed by atoms with E-state index < -0.39 is 23.7 Å². The fourth-order valence-electron chi connectivity index (χ4n) is 2.22. The van der Waals surface area contributed by atoms with Crippen LogP contribution >= 0.6 is 22.7 Å². The lowest BCUT2D eigenvalue weighted by molar-refractivity contribution is -0.136. The minimum atomic E-state index is -0.940. The van der Waals surface area contributed by atoms with Crippen molar-refractivity contribution in [3.8, 4) is 0 Å². The van der Waals surface area contributed by atoms with Crippen LogP contribution in [0.25, 0.3) is 0 Å². The number of benzene rings is 1. The topological polar surface area (TPSA) is 78.4 Å². The van der Waals surface area contributed by atoms with Crippen LogP contribution in [0.15, 0.2) is 53.2 Å². The zero-order chi connectivity index (χ0) is 18.5. The molecule has 0 saturated carbocycles. The second-order valence-electron chi connectivity index (χ2n) is 5.38. The molecule has 0 aliphatic heterocycles. The molecule has 1 aromatic carbocycles. The van der Waals surface area contributed by atoms with Crippen LogP contribution in [0.5, 0.6) is 0 Å². The monoisotopic (exact) mass is 390 g/mol. The summed E-state index contributed by atoms with van der Waals surface area (Å²) < 4.78 is 13.5. The number of anilines is 1. The third-order valence-electron chi connectivity index (χ3n) is 3.56. The smallest absolute Gasteiger partial charge is 0.313 e. The summed E-state index contributed by atoms with van der Waals surface area (Å²) in [5.74, 6) is -2.41. The van der Waals surface area contributed by atoms with Gasteiger partial charge in [0.1, 0.15) is 11.9 Å². The minimum Gasteiger partial charge on any atom is -0.383 e. The highest BCUT2D eigenvalue weighted by Gasteiger charge is 2.17. The van der Waals surface area contributed by atoms with Gasteiger partial charge in [-0.3, -0.25) is 9.59 Å². The molecule has 0 radical (unpaired) electrons. The molecule has 2 amide bonds. The van der Waals surface area contributed by atoms with Crippen LogP contribution < -0.4 is 10.6 Å². The van der Waals surface area contributed by atoms with Crippen LogP contribution in [0.3, 0.4) is 0 Å². The van der Waals surface area contributed by atoms with Gasteiger partial charge in [-0.2, -0.15) is 11.3 Å². The molecule has 1 unspecified atom stereocenters. The maximum absolute atomic E-state index is 13.5. The van der Waals surface area contributed by atoms with Gasteiger partial charge < -0.3 is 15.7 Å². The highest BCUT2D eigenvalue weighted by atomic mass is 32.1. The van der Waals surface area contributed by atoms with Gasteiger partial charge in [-0.25, -0.2) is 4.39 Å². The number of carbonyl (C=O) groups is 2. The Hall–Kier alpha value is -2.55. The van der Waals surface area contributed by atoms with Crippen molar-refractivity contribution in [2.75, 3.05) is 5.32 Å². The lowest BCUT2D eigenvalue weighted by Gasteiger charge is -2.07. The average molecular weight is 390 g/mol. The number of hydrogen-bond acceptors (Lipinski definition) is 5. The summed E-state index contributed by atoms with van der Waals surface area (Å²) in [6.45, 7) is 0.143. The van der Waals surface area contributed by atoms with Crippen LogP contribution in [0.2, 0.25) is 0 Å². The molecule has 3 N–H and O–H groups in total. The predicted octanol–water partition coefficient (Wildman–Crippen LogP) is 3.29. The first kappa shape index (κ1) is 18.2. The van der Waals surface area contributed by atoms with Gasteiger partial charge in [0.15, 0.2) is 0 Å². The van der Waals surface area contributed by atoms with E-state index in [1.165, 1.54) is 40.9 Å². The lowest BCUT2D eigenvalue weighted by atomic mass is 10.2. The molecule has 1 atom stereocenters. The van der Waals surface area contributed by atoms with E-state index in [9.17, 15) is 19.1 Å². The molecule has 2 heterocycles. The zero-order valence-electron chi connectivity index (χ0n) is 13.4. The maximum atomic E-state index is 13.5. The molecule has 26 heavy (non-hydrogen) atoms. The molecule has 3 rings (SSSR count). The number of aliphatic hydroxyl groups excluding tert-OH is 1. The van der Waals surface area contributed by atoms with Crippen LogP contribution in [0.4, 0.5) is 10.1 Å². The highest BCUT2D eigenvalue weighted by molar-refractivity contribution is 7.12. The molecule has 5 nitrogen and oxygen atoms in total. The second-order valence-corrected chi connectivity index (χ2v) is 7.36. The zero-order valence-corrected chi connectivity index (χ0v) is 15.1. The van der Waals surface area contributed by atoms with Gasteiger partial charge in [0.25, 0.3) is 0 Å². The molecule has 0 aliphatic carbocycles. The Morgan fingerprint density at radius 3 is 2.65 bits per heavy atom. The Labute approximate surface area is 157 Å². The van der Waals surface area contributed by atoms with E-state index in [2.05, 4.69) is 10.6 Å². The van der Waals surface area contributed by atoms with E-state index in [0.29, 0.717) is 0 Å². The first-order valence-corrected chi connectivity index (χ1v) is 9.43. The van der Waals surface area contributed by atoms with Gasteiger partial charge >= 0.3 is 11.8 Å². The maximum Gasteiger partial charge on any atom is 0.313 e. The third kappa shape index (κ3) is 4.34. The lowest BCUT2D eigenvalue weighted by Crippen LogP contribution is -2.35. The van der Waals surface area contributed by atoms with Crippen molar-refractivity contribution in [2.24, 2.45) is 0 Å². The van der Waals surface area contributed by atoms with E-state index in [4.69, 9.17) is 0 Å². The van der Waals surface area contributed by atoms with Crippen molar-refractivity contribution < 1.29 is 19.1 Å². The van der Waals surface area contributed by atoms with E-state index in [-0.39, 0.29) is 12.2 Å². The standard InChI is InChI=1S/C18H15FN2O3S2/c19-13-3-1-2-4-14(13)21-18(24)17(23)20-9-12-5-6-15(26-12)16(22)11-7-8-25-10-11/h1-8,10,16,22H,9H2,(H,20,23)(H,21,24). The van der Waals surface area contributed by atoms with Gasteiger partial charge in [0.2, 0.25) is 0 Å². The first-order valence-electron chi connectivity index (χ1n) is 7.67. The van der Waals surface area contributed by atoms with Gasteiger partial charge in [0.05, 0.1) is 12.2 Å². The number of aliphatic hydroxyl groups is 1. The quantitative estimate of drug-likeness (QED) is 0.585. The number of thiophene rings is 2. The summed E-state index contributed by atoms with van der Waals surface area (Å²) in [6, 6.07) is 11.0. The number of amides is 2. The number of rotatable bonds is 5. The van der Waals surface area contributed by atoms with Crippen LogP contribution in [-0.4, -0.2) is 16.9 Å². The number of carbonyl (C=O) groups excluding carboxylic acids is 2. The number of para-hydroxylation sites is 1. The molecule has 0 aliphatic rings. The average Bonchev–Trinajstić information content (AvgIpc) is 3.33. The van der Waals surface area contributed by atoms with Crippen molar-refractivity contribution >= 4 is 40.2 Å². The molecule has 8 heteroatoms. The van der Waals surface area contributed by atoms with E-state index in [0.717, 1.165) is 15.3 Å². The number of hydrogen-bond donors (Lipinski definition) is 3. The number of nitrogens with one attached hydrogen (secondary N) is 2. The minimum absolute atomic E-state index is 0.0510. The van der Waals surface area contributed by atoms with Crippen LogP contribution in [0, 0.1) is 5.82 Å². The second kappa shape index (κ2) is 8.22. The highest BCUT2D eigenvalue weighted by Crippen LogP contribution is 2.29. The fourth-order valence-corrected chi connectivity index (χ4v) is 3.87. The van der Waals surface area contributed by atoms with Gasteiger partial charge in [-0.05, 0) is 46.7 Å². The Morgan fingerprint density at radius 2 is 1.92 bits per heavy atom. The molecule has 2 aromatic heterocycles. The Morgan fingerprint density at radius 1 is 1.12 bits per heavy atom. The molecule has 0 saturated heterocycles. The number of halogens is 1. The molecule has 134 valence electrons. The third-order valence-corrected chi connectivity index (χ3v) is 5.40. The van der Waals surface area contributed by atoms with Gasteiger partial charge in [0, 0.05) is 9.75 Å². The summed E-state index contributed by atoms with van der Waals surface area (Å²) in [5.41, 5.74) is 0.765. The van der Waals surface area contributed by atoms with Crippen molar-refractivity contribution in [3.63, 3.8) is 0 Å². The van der Waals surface area contributed by atoms with Crippen LogP contribution in [0.1, 0.15) is 21.4 Å². The summed E-state index contributed by atoms with van der Waals surface area (Å²) in [6.07, 6.45) is -0.708. The van der Waals surface area contributed by atoms with Gasteiger partial charge in [-0.15, -0.1) is 11.3 Å². The van der Waals surface area contributed by atoms with E-state index in [1.807, 2.05) is 16.8 Å². The van der Waals surface area contributed by atoms with Crippen molar-refractivity contribution in [1.29, 1.82) is 0 Å². The van der Waals surface area contributed by atoms with E-state index >= 15 is 0 Å². The Kier molecular flexibility index (Phi) is 5.77. The molecular formula is C18H15FN2O3S2. The van der Waals surface area contributed by atoms with Crippen molar-refractivity contribution in [1.82, 2.24) is 5.32 Å². The molecular weight excluding hydrogens is 375 g/mol. The normalized spacial score (nSPS) is 11.8. The predicted molar refractivity (Wildman–Crippen MR) is 99.6 cm³/mol.